The van der Waals surface area contributed by atoms with E-state index in [9.17, 15) is 9.90 Å². The number of aromatic carboxylic acids is 1. The largest absolute Gasteiger partial charge is 0.478 e. The van der Waals surface area contributed by atoms with E-state index in [0.29, 0.717) is 18.1 Å². The lowest BCUT2D eigenvalue weighted by molar-refractivity contribution is 0.0697. The van der Waals surface area contributed by atoms with Crippen molar-refractivity contribution in [1.82, 2.24) is 4.90 Å². The van der Waals surface area contributed by atoms with Gasteiger partial charge in [0.1, 0.15) is 0 Å². The molecule has 0 amide bonds. The number of likely N-dealkylation sites (tertiary alicyclic amines) is 1. The minimum atomic E-state index is -0.882. The van der Waals surface area contributed by atoms with Gasteiger partial charge in [-0.25, -0.2) is 4.79 Å². The summed E-state index contributed by atoms with van der Waals surface area (Å²) in [7, 11) is 0. The molecule has 1 heterocycles. The molecule has 1 aliphatic heterocycles. The molecule has 4 heteroatoms. The number of carbonyl (C=O) groups is 1. The number of aliphatic hydroxyl groups excluding tert-OH is 1. The Hall–Kier alpha value is -1.39. The molecule has 19 heavy (non-hydrogen) atoms. The molecule has 1 atom stereocenters. The maximum absolute atomic E-state index is 10.8. The van der Waals surface area contributed by atoms with Gasteiger partial charge in [-0.2, -0.15) is 0 Å². The van der Waals surface area contributed by atoms with Gasteiger partial charge in [-0.3, -0.25) is 4.90 Å². The molecule has 0 saturated carbocycles. The van der Waals surface area contributed by atoms with E-state index in [0.717, 1.165) is 44.5 Å². The number of aliphatic hydroxyl groups is 1. The highest BCUT2D eigenvalue weighted by Gasteiger charge is 2.16. The van der Waals surface area contributed by atoms with Crippen molar-refractivity contribution in [2.75, 3.05) is 19.7 Å². The molecule has 1 saturated heterocycles. The summed E-state index contributed by atoms with van der Waals surface area (Å²) in [6.07, 6.45) is 3.27. The van der Waals surface area contributed by atoms with Crippen molar-refractivity contribution in [3.05, 3.63) is 35.4 Å². The fraction of sp³-hybridized carbons (Fsp3) is 0.533. The van der Waals surface area contributed by atoms with Crippen molar-refractivity contribution < 1.29 is 15.0 Å². The zero-order valence-corrected chi connectivity index (χ0v) is 11.1. The third-order valence-electron chi connectivity index (χ3n) is 3.81. The van der Waals surface area contributed by atoms with Gasteiger partial charge in [0, 0.05) is 13.2 Å². The molecule has 1 aromatic carbocycles. The van der Waals surface area contributed by atoms with E-state index in [1.807, 2.05) is 12.1 Å². The van der Waals surface area contributed by atoms with Crippen molar-refractivity contribution >= 4 is 5.97 Å². The predicted octanol–water partition coefficient (Wildman–Crippen LogP) is 1.98. The standard InChI is InChI=1S/C15H21NO3/c17-11-13-2-1-8-16(9-7-13)10-12-3-5-14(6-4-12)15(18)19/h3-6,13,17H,1-2,7-11H2,(H,18,19). The number of hydrogen-bond donors (Lipinski definition) is 2. The lowest BCUT2D eigenvalue weighted by Gasteiger charge is -2.20. The second kappa shape index (κ2) is 6.68. The van der Waals surface area contributed by atoms with E-state index in [1.54, 1.807) is 12.1 Å². The zero-order chi connectivity index (χ0) is 13.7. The van der Waals surface area contributed by atoms with Crippen LogP contribution in [0.2, 0.25) is 0 Å². The fourth-order valence-corrected chi connectivity index (χ4v) is 2.58. The summed E-state index contributed by atoms with van der Waals surface area (Å²) in [5, 5.41) is 18.1. The molecule has 0 radical (unpaired) electrons. The van der Waals surface area contributed by atoms with Gasteiger partial charge in [0.2, 0.25) is 0 Å². The smallest absolute Gasteiger partial charge is 0.335 e. The Kier molecular flexibility index (Phi) is 4.93. The van der Waals surface area contributed by atoms with Gasteiger partial charge in [-0.1, -0.05) is 12.1 Å². The Balaban J connectivity index is 1.91. The fourth-order valence-electron chi connectivity index (χ4n) is 2.58. The Morgan fingerprint density at radius 3 is 2.58 bits per heavy atom. The lowest BCUT2D eigenvalue weighted by atomic mass is 10.0. The topological polar surface area (TPSA) is 60.8 Å². The molecule has 1 unspecified atom stereocenters. The Labute approximate surface area is 113 Å². The van der Waals surface area contributed by atoms with E-state index >= 15 is 0 Å². The summed E-state index contributed by atoms with van der Waals surface area (Å²) < 4.78 is 0. The van der Waals surface area contributed by atoms with Crippen molar-refractivity contribution in [2.24, 2.45) is 5.92 Å². The molecule has 0 spiro atoms. The number of carboxylic acids is 1. The average Bonchev–Trinajstić information content (AvgIpc) is 2.64. The molecule has 1 fully saturated rings. The van der Waals surface area contributed by atoms with Crippen LogP contribution in [0.3, 0.4) is 0 Å². The van der Waals surface area contributed by atoms with Crippen LogP contribution in [0.1, 0.15) is 35.2 Å². The van der Waals surface area contributed by atoms with Crippen molar-refractivity contribution in [2.45, 2.75) is 25.8 Å². The second-order valence-electron chi connectivity index (χ2n) is 5.26. The van der Waals surface area contributed by atoms with Crippen molar-refractivity contribution in [3.63, 3.8) is 0 Å². The minimum Gasteiger partial charge on any atom is -0.478 e. The van der Waals surface area contributed by atoms with Crippen LogP contribution in [0.5, 0.6) is 0 Å². The van der Waals surface area contributed by atoms with Gasteiger partial charge in [-0.15, -0.1) is 0 Å². The van der Waals surface area contributed by atoms with E-state index in [4.69, 9.17) is 5.11 Å². The van der Waals surface area contributed by atoms with Crippen LogP contribution in [-0.2, 0) is 6.54 Å². The lowest BCUT2D eigenvalue weighted by Crippen LogP contribution is -2.24. The summed E-state index contributed by atoms with van der Waals surface area (Å²) in [5.41, 5.74) is 1.48. The van der Waals surface area contributed by atoms with Crippen LogP contribution in [0.4, 0.5) is 0 Å². The quantitative estimate of drug-likeness (QED) is 0.872. The first-order valence-corrected chi connectivity index (χ1v) is 6.84. The Bertz CT molecular complexity index is 416. The SMILES string of the molecule is O=C(O)c1ccc(CN2CCCC(CO)CC2)cc1. The predicted molar refractivity (Wildman–Crippen MR) is 73.1 cm³/mol. The molecule has 0 aliphatic carbocycles. The summed E-state index contributed by atoms with van der Waals surface area (Å²) in [5.74, 6) is -0.438. The minimum absolute atomic E-state index is 0.293. The molecule has 1 aromatic rings. The normalized spacial score (nSPS) is 21.0. The molecule has 0 aromatic heterocycles. The molecule has 4 nitrogen and oxygen atoms in total. The number of nitrogens with zero attached hydrogens (tertiary/aromatic N) is 1. The Morgan fingerprint density at radius 1 is 1.21 bits per heavy atom. The zero-order valence-electron chi connectivity index (χ0n) is 11.1. The highest BCUT2D eigenvalue weighted by Crippen LogP contribution is 2.18. The van der Waals surface area contributed by atoms with Crippen LogP contribution in [0.25, 0.3) is 0 Å². The van der Waals surface area contributed by atoms with E-state index in [2.05, 4.69) is 4.90 Å². The average molecular weight is 263 g/mol. The van der Waals surface area contributed by atoms with Gasteiger partial charge < -0.3 is 10.2 Å². The van der Waals surface area contributed by atoms with E-state index in [1.165, 1.54) is 0 Å². The van der Waals surface area contributed by atoms with Crippen LogP contribution in [0, 0.1) is 5.92 Å². The highest BCUT2D eigenvalue weighted by molar-refractivity contribution is 5.87. The molecular formula is C15H21NO3. The maximum Gasteiger partial charge on any atom is 0.335 e. The van der Waals surface area contributed by atoms with Gasteiger partial charge >= 0.3 is 5.97 Å². The van der Waals surface area contributed by atoms with Crippen LogP contribution in [-0.4, -0.2) is 40.8 Å². The maximum atomic E-state index is 10.8. The number of benzene rings is 1. The first-order chi connectivity index (χ1) is 9.19. The van der Waals surface area contributed by atoms with Crippen LogP contribution < -0.4 is 0 Å². The van der Waals surface area contributed by atoms with Gasteiger partial charge in [0.25, 0.3) is 0 Å². The summed E-state index contributed by atoms with van der Waals surface area (Å²) in [4.78, 5) is 13.2. The molecular weight excluding hydrogens is 242 g/mol. The van der Waals surface area contributed by atoms with Crippen molar-refractivity contribution in [1.29, 1.82) is 0 Å². The third kappa shape index (κ3) is 4.04. The molecule has 0 bridgehead atoms. The molecule has 104 valence electrons. The van der Waals surface area contributed by atoms with E-state index in [-0.39, 0.29) is 0 Å². The first kappa shape index (κ1) is 14.0. The van der Waals surface area contributed by atoms with Crippen LogP contribution in [0.15, 0.2) is 24.3 Å². The monoisotopic (exact) mass is 263 g/mol. The van der Waals surface area contributed by atoms with Crippen molar-refractivity contribution in [3.8, 4) is 0 Å². The van der Waals surface area contributed by atoms with Gasteiger partial charge in [-0.05, 0) is 56.0 Å². The summed E-state index contributed by atoms with van der Waals surface area (Å²) >= 11 is 0. The number of carboxylic acid groups (broad SMARTS) is 1. The second-order valence-corrected chi connectivity index (χ2v) is 5.26. The summed E-state index contributed by atoms with van der Waals surface area (Å²) in [6, 6.07) is 7.09. The van der Waals surface area contributed by atoms with E-state index < -0.39 is 5.97 Å². The number of rotatable bonds is 4. The molecule has 2 N–H and O–H groups in total. The molecule has 1 aliphatic rings. The van der Waals surface area contributed by atoms with Crippen LogP contribution >= 0.6 is 0 Å². The number of hydrogen-bond acceptors (Lipinski definition) is 3. The third-order valence-corrected chi connectivity index (χ3v) is 3.81. The first-order valence-electron chi connectivity index (χ1n) is 6.84. The molecule has 2 rings (SSSR count). The Morgan fingerprint density at radius 2 is 1.95 bits per heavy atom. The highest BCUT2D eigenvalue weighted by atomic mass is 16.4. The summed E-state index contributed by atoms with van der Waals surface area (Å²) in [6.45, 7) is 3.21. The van der Waals surface area contributed by atoms with Gasteiger partial charge in [0.05, 0.1) is 5.56 Å². The van der Waals surface area contributed by atoms with Gasteiger partial charge in [0.15, 0.2) is 0 Å².